The van der Waals surface area contributed by atoms with Crippen LogP contribution >= 0.6 is 0 Å². The van der Waals surface area contributed by atoms with Gasteiger partial charge in [0.25, 0.3) is 5.91 Å². The molecule has 0 N–H and O–H groups in total. The molecule has 2 aromatic rings. The number of amides is 1. The second kappa shape index (κ2) is 6.33. The number of imidazole rings is 1. The predicted molar refractivity (Wildman–Crippen MR) is 96.0 cm³/mol. The summed E-state index contributed by atoms with van der Waals surface area (Å²) in [5, 5.41) is 0. The molecular weight excluding hydrogens is 316 g/mol. The number of pyridine rings is 1. The van der Waals surface area contributed by atoms with Crippen molar-refractivity contribution in [3.63, 3.8) is 0 Å². The van der Waals surface area contributed by atoms with E-state index >= 15 is 0 Å². The first-order valence-electron chi connectivity index (χ1n) is 9.11. The Morgan fingerprint density at radius 1 is 1.28 bits per heavy atom. The maximum Gasteiger partial charge on any atom is 0.272 e. The molecule has 0 unspecified atom stereocenters. The molecule has 3 atom stereocenters. The third-order valence-corrected chi connectivity index (χ3v) is 5.50. The zero-order valence-corrected chi connectivity index (χ0v) is 15.2. The number of rotatable bonds is 3. The molecule has 4 rings (SSSR count). The lowest BCUT2D eigenvalue weighted by Gasteiger charge is -2.22. The van der Waals surface area contributed by atoms with Gasteiger partial charge in [0, 0.05) is 44.5 Å². The van der Waals surface area contributed by atoms with Gasteiger partial charge < -0.3 is 9.64 Å². The van der Waals surface area contributed by atoms with Crippen LogP contribution in [-0.4, -0.2) is 64.4 Å². The Balaban J connectivity index is 1.54. The summed E-state index contributed by atoms with van der Waals surface area (Å²) in [6.45, 7) is 8.20. The fraction of sp³-hybridized carbons (Fsp3) is 0.579. The van der Waals surface area contributed by atoms with Gasteiger partial charge in [-0.25, -0.2) is 4.98 Å². The summed E-state index contributed by atoms with van der Waals surface area (Å²) >= 11 is 0. The van der Waals surface area contributed by atoms with Gasteiger partial charge in [0.15, 0.2) is 0 Å². The summed E-state index contributed by atoms with van der Waals surface area (Å²) in [7, 11) is 1.63. The van der Waals surface area contributed by atoms with E-state index in [1.807, 2.05) is 27.6 Å². The Labute approximate surface area is 148 Å². The van der Waals surface area contributed by atoms with Crippen LogP contribution in [0.5, 0.6) is 5.75 Å². The highest BCUT2D eigenvalue weighted by molar-refractivity contribution is 5.93. The summed E-state index contributed by atoms with van der Waals surface area (Å²) in [6, 6.07) is 4.42. The number of hydrogen-bond donors (Lipinski definition) is 0. The lowest BCUT2D eigenvalue weighted by atomic mass is 10.1. The summed E-state index contributed by atoms with van der Waals surface area (Å²) in [5.41, 5.74) is 1.36. The van der Waals surface area contributed by atoms with Crippen LogP contribution in [0.25, 0.3) is 5.65 Å². The van der Waals surface area contributed by atoms with Crippen LogP contribution in [0.3, 0.4) is 0 Å². The van der Waals surface area contributed by atoms with Crippen LogP contribution in [0, 0.1) is 11.8 Å². The van der Waals surface area contributed by atoms with E-state index in [4.69, 9.17) is 4.74 Å². The number of methoxy groups -OCH3 is 1. The molecule has 1 saturated carbocycles. The number of fused-ring (bicyclic) bond motifs is 1. The van der Waals surface area contributed by atoms with Crippen molar-refractivity contribution in [3.05, 3.63) is 30.2 Å². The average Bonchev–Trinajstić information content (AvgIpc) is 3.24. The van der Waals surface area contributed by atoms with Crippen LogP contribution in [-0.2, 0) is 0 Å². The van der Waals surface area contributed by atoms with Gasteiger partial charge >= 0.3 is 0 Å². The Bertz CT molecular complexity index is 787. The molecule has 0 bridgehead atoms. The Morgan fingerprint density at radius 2 is 2.08 bits per heavy atom. The molecule has 6 heteroatoms. The van der Waals surface area contributed by atoms with Crippen molar-refractivity contribution in [2.45, 2.75) is 26.3 Å². The average molecular weight is 342 g/mol. The van der Waals surface area contributed by atoms with Crippen LogP contribution in [0.2, 0.25) is 0 Å². The van der Waals surface area contributed by atoms with Crippen molar-refractivity contribution in [3.8, 4) is 5.75 Å². The van der Waals surface area contributed by atoms with Gasteiger partial charge in [0.1, 0.15) is 17.1 Å². The zero-order valence-electron chi connectivity index (χ0n) is 15.2. The molecule has 6 nitrogen and oxygen atoms in total. The molecule has 1 aliphatic heterocycles. The highest BCUT2D eigenvalue weighted by atomic mass is 16.5. The molecule has 1 amide bonds. The number of carbonyl (C=O) groups is 1. The molecule has 2 fully saturated rings. The van der Waals surface area contributed by atoms with Crippen molar-refractivity contribution in [2.24, 2.45) is 11.8 Å². The third-order valence-electron chi connectivity index (χ3n) is 5.50. The van der Waals surface area contributed by atoms with Gasteiger partial charge in [-0.1, -0.05) is 13.8 Å². The first-order valence-corrected chi connectivity index (χ1v) is 9.11. The Morgan fingerprint density at radius 3 is 2.80 bits per heavy atom. The van der Waals surface area contributed by atoms with Crippen LogP contribution < -0.4 is 4.74 Å². The quantitative estimate of drug-likeness (QED) is 0.858. The summed E-state index contributed by atoms with van der Waals surface area (Å²) < 4.78 is 7.08. The van der Waals surface area contributed by atoms with E-state index in [1.54, 1.807) is 13.3 Å². The Kier molecular flexibility index (Phi) is 4.15. The minimum absolute atomic E-state index is 0.0650. The van der Waals surface area contributed by atoms with E-state index in [0.717, 1.165) is 49.5 Å². The van der Waals surface area contributed by atoms with Crippen molar-refractivity contribution < 1.29 is 9.53 Å². The highest BCUT2D eigenvalue weighted by Gasteiger charge is 2.39. The number of hydrogen-bond acceptors (Lipinski definition) is 4. The molecule has 0 radical (unpaired) electrons. The predicted octanol–water partition coefficient (Wildman–Crippen LogP) is 2.15. The van der Waals surface area contributed by atoms with E-state index in [2.05, 4.69) is 23.7 Å². The van der Waals surface area contributed by atoms with Gasteiger partial charge in [-0.05, 0) is 24.3 Å². The zero-order chi connectivity index (χ0) is 17.6. The number of carbonyl (C=O) groups excluding carboxylic acids is 1. The first kappa shape index (κ1) is 16.4. The summed E-state index contributed by atoms with van der Waals surface area (Å²) in [6.07, 6.45) is 4.83. The second-order valence-electron chi connectivity index (χ2n) is 7.57. The molecule has 2 aromatic heterocycles. The molecule has 1 saturated heterocycles. The molecule has 25 heavy (non-hydrogen) atoms. The molecule has 3 heterocycles. The van der Waals surface area contributed by atoms with E-state index in [1.165, 1.54) is 6.42 Å². The van der Waals surface area contributed by atoms with Crippen LogP contribution in [0.1, 0.15) is 30.8 Å². The lowest BCUT2D eigenvalue weighted by Crippen LogP contribution is -2.36. The van der Waals surface area contributed by atoms with Crippen LogP contribution in [0.15, 0.2) is 24.5 Å². The Hall–Kier alpha value is -2.08. The maximum absolute atomic E-state index is 13.1. The number of aromatic nitrogens is 2. The minimum atomic E-state index is 0.0650. The monoisotopic (exact) mass is 342 g/mol. The molecule has 1 aliphatic carbocycles. The first-order chi connectivity index (χ1) is 12.1. The largest absolute Gasteiger partial charge is 0.497 e. The van der Waals surface area contributed by atoms with E-state index in [9.17, 15) is 4.79 Å². The van der Waals surface area contributed by atoms with E-state index < -0.39 is 0 Å². The topological polar surface area (TPSA) is 50.1 Å². The second-order valence-corrected chi connectivity index (χ2v) is 7.57. The van der Waals surface area contributed by atoms with Crippen molar-refractivity contribution in [1.82, 2.24) is 19.2 Å². The van der Waals surface area contributed by atoms with Crippen molar-refractivity contribution in [1.29, 1.82) is 0 Å². The molecule has 0 spiro atoms. The third kappa shape index (κ3) is 3.11. The normalized spacial score (nSPS) is 27.3. The van der Waals surface area contributed by atoms with E-state index in [-0.39, 0.29) is 5.91 Å². The van der Waals surface area contributed by atoms with Crippen molar-refractivity contribution >= 4 is 11.6 Å². The molecule has 2 aliphatic rings. The summed E-state index contributed by atoms with van der Waals surface area (Å²) in [5.74, 6) is 2.10. The van der Waals surface area contributed by atoms with Gasteiger partial charge in [-0.3, -0.25) is 14.1 Å². The molecule has 134 valence electrons. The molecule has 0 aromatic carbocycles. The summed E-state index contributed by atoms with van der Waals surface area (Å²) in [4.78, 5) is 22.0. The number of ether oxygens (including phenoxy) is 1. The highest BCUT2D eigenvalue weighted by Crippen LogP contribution is 2.36. The number of nitrogens with zero attached hydrogens (tertiary/aromatic N) is 4. The lowest BCUT2D eigenvalue weighted by molar-refractivity contribution is 0.0741. The van der Waals surface area contributed by atoms with Gasteiger partial charge in [-0.15, -0.1) is 0 Å². The van der Waals surface area contributed by atoms with E-state index in [0.29, 0.717) is 11.6 Å². The van der Waals surface area contributed by atoms with Gasteiger partial charge in [0.2, 0.25) is 0 Å². The van der Waals surface area contributed by atoms with Gasteiger partial charge in [-0.2, -0.15) is 0 Å². The smallest absolute Gasteiger partial charge is 0.272 e. The van der Waals surface area contributed by atoms with Crippen LogP contribution in [0.4, 0.5) is 0 Å². The fourth-order valence-corrected chi connectivity index (χ4v) is 3.97. The minimum Gasteiger partial charge on any atom is -0.497 e. The van der Waals surface area contributed by atoms with Gasteiger partial charge in [0.05, 0.1) is 13.3 Å². The SMILES string of the molecule is COc1ccn2c(C(=O)N3CCN([C@@H]4C[C@H]4C)C[C@H](C)C3)cnc2c1. The maximum atomic E-state index is 13.1. The fourth-order valence-electron chi connectivity index (χ4n) is 3.97. The standard InChI is InChI=1S/C19H26N4O2/c1-13-11-21(16-8-14(16)2)6-7-22(12-13)19(24)17-10-20-18-9-15(25-3)4-5-23(17)18/h4-5,9-10,13-14,16H,6-8,11-12H2,1-3H3/t13-,14+,16+/m0/s1. The molecular formula is C19H26N4O2. The van der Waals surface area contributed by atoms with Crippen molar-refractivity contribution in [2.75, 3.05) is 33.3 Å².